The summed E-state index contributed by atoms with van der Waals surface area (Å²) in [6.45, 7) is 4.26. The van der Waals surface area contributed by atoms with Crippen LogP contribution < -0.4 is 15.5 Å². The number of amides is 1. The lowest BCUT2D eigenvalue weighted by molar-refractivity contribution is -0.135. The summed E-state index contributed by atoms with van der Waals surface area (Å²) in [5.74, 6) is 0.744. The molecule has 2 N–H and O–H groups in total. The minimum atomic E-state index is -4.09. The highest BCUT2D eigenvalue weighted by Crippen LogP contribution is 2.22. The van der Waals surface area contributed by atoms with E-state index in [-0.39, 0.29) is 12.3 Å². The van der Waals surface area contributed by atoms with Crippen molar-refractivity contribution in [3.05, 3.63) is 29.8 Å². The Balaban J connectivity index is 1.82. The Hall–Kier alpha value is -2.25. The molecular weight excluding hydrogens is 357 g/mol. The molecule has 1 amide bonds. The van der Waals surface area contributed by atoms with E-state index in [9.17, 15) is 18.0 Å². The SMILES string of the molecule is CCNC(=NCc1ccc(N2CCCC2=O)cc1)NCCCCC(F)(F)F. The van der Waals surface area contributed by atoms with E-state index in [1.807, 2.05) is 31.2 Å². The molecule has 1 aliphatic rings. The fourth-order valence-electron chi connectivity index (χ4n) is 2.87. The number of alkyl halides is 3. The molecule has 0 spiro atoms. The Labute approximate surface area is 158 Å². The van der Waals surface area contributed by atoms with Crippen LogP contribution in [-0.4, -0.2) is 37.7 Å². The van der Waals surface area contributed by atoms with Crippen LogP contribution in [0.5, 0.6) is 0 Å². The van der Waals surface area contributed by atoms with Crippen molar-refractivity contribution in [3.63, 3.8) is 0 Å². The van der Waals surface area contributed by atoms with Crippen molar-refractivity contribution in [2.45, 2.75) is 51.7 Å². The summed E-state index contributed by atoms with van der Waals surface area (Å²) in [5.41, 5.74) is 1.90. The highest BCUT2D eigenvalue weighted by molar-refractivity contribution is 5.95. The number of aliphatic imine (C=N–C) groups is 1. The first kappa shape index (κ1) is 21.1. The fourth-order valence-corrected chi connectivity index (χ4v) is 2.87. The molecule has 0 unspecified atom stereocenters. The zero-order chi connectivity index (χ0) is 19.7. The topological polar surface area (TPSA) is 56.7 Å². The van der Waals surface area contributed by atoms with Gasteiger partial charge in [0.2, 0.25) is 5.91 Å². The molecular formula is C19H27F3N4O. The third kappa shape index (κ3) is 7.48. The average Bonchev–Trinajstić information content (AvgIpc) is 3.05. The molecule has 27 heavy (non-hydrogen) atoms. The highest BCUT2D eigenvalue weighted by atomic mass is 19.4. The summed E-state index contributed by atoms with van der Waals surface area (Å²) >= 11 is 0. The van der Waals surface area contributed by atoms with Gasteiger partial charge < -0.3 is 15.5 Å². The lowest BCUT2D eigenvalue weighted by Crippen LogP contribution is -2.37. The van der Waals surface area contributed by atoms with Crippen LogP contribution in [0, 0.1) is 0 Å². The van der Waals surface area contributed by atoms with Gasteiger partial charge in [0.15, 0.2) is 5.96 Å². The quantitative estimate of drug-likeness (QED) is 0.409. The number of guanidine groups is 1. The Morgan fingerprint density at radius 1 is 1.19 bits per heavy atom. The molecule has 1 aromatic carbocycles. The van der Waals surface area contributed by atoms with Crippen molar-refractivity contribution in [1.29, 1.82) is 0 Å². The van der Waals surface area contributed by atoms with Crippen LogP contribution in [0.15, 0.2) is 29.3 Å². The number of anilines is 1. The van der Waals surface area contributed by atoms with Crippen LogP contribution in [0.25, 0.3) is 0 Å². The van der Waals surface area contributed by atoms with Crippen molar-refractivity contribution in [2.75, 3.05) is 24.5 Å². The molecule has 0 radical (unpaired) electrons. The van der Waals surface area contributed by atoms with Gasteiger partial charge in [0.1, 0.15) is 0 Å². The summed E-state index contributed by atoms with van der Waals surface area (Å²) in [7, 11) is 0. The molecule has 0 saturated carbocycles. The Kier molecular flexibility index (Phi) is 7.94. The number of halogens is 3. The number of benzene rings is 1. The number of nitrogens with one attached hydrogen (secondary N) is 2. The Morgan fingerprint density at radius 3 is 2.52 bits per heavy atom. The molecule has 1 heterocycles. The van der Waals surface area contributed by atoms with Gasteiger partial charge in [0, 0.05) is 38.2 Å². The van der Waals surface area contributed by atoms with E-state index in [0.29, 0.717) is 38.4 Å². The van der Waals surface area contributed by atoms with Gasteiger partial charge in [-0.15, -0.1) is 0 Å². The van der Waals surface area contributed by atoms with Crippen LogP contribution in [0.2, 0.25) is 0 Å². The summed E-state index contributed by atoms with van der Waals surface area (Å²) in [6.07, 6.45) is -2.81. The molecule has 0 aliphatic carbocycles. The smallest absolute Gasteiger partial charge is 0.357 e. The van der Waals surface area contributed by atoms with Crippen molar-refractivity contribution in [3.8, 4) is 0 Å². The first-order valence-corrected chi connectivity index (χ1v) is 9.37. The van der Waals surface area contributed by atoms with Crippen LogP contribution in [0.3, 0.4) is 0 Å². The third-order valence-corrected chi connectivity index (χ3v) is 4.26. The molecule has 1 fully saturated rings. The van der Waals surface area contributed by atoms with Crippen molar-refractivity contribution in [2.24, 2.45) is 4.99 Å². The number of carbonyl (C=O) groups excluding carboxylic acids is 1. The number of carbonyl (C=O) groups is 1. The minimum absolute atomic E-state index is 0.104. The van der Waals surface area contributed by atoms with Crippen LogP contribution in [0.1, 0.15) is 44.6 Å². The predicted octanol–water partition coefficient (Wildman–Crippen LogP) is 3.60. The predicted molar refractivity (Wildman–Crippen MR) is 101 cm³/mol. The molecule has 1 saturated heterocycles. The maximum Gasteiger partial charge on any atom is 0.389 e. The number of nitrogens with zero attached hydrogens (tertiary/aromatic N) is 2. The van der Waals surface area contributed by atoms with Crippen molar-refractivity contribution in [1.82, 2.24) is 10.6 Å². The summed E-state index contributed by atoms with van der Waals surface area (Å²) < 4.78 is 36.4. The molecule has 1 aromatic rings. The molecule has 8 heteroatoms. The summed E-state index contributed by atoms with van der Waals surface area (Å²) in [5, 5.41) is 6.14. The Bertz CT molecular complexity index is 629. The summed E-state index contributed by atoms with van der Waals surface area (Å²) in [4.78, 5) is 18.0. The van der Waals surface area contributed by atoms with Gasteiger partial charge in [-0.05, 0) is 43.9 Å². The first-order valence-electron chi connectivity index (χ1n) is 9.37. The Morgan fingerprint density at radius 2 is 1.93 bits per heavy atom. The largest absolute Gasteiger partial charge is 0.389 e. The van der Waals surface area contributed by atoms with Crippen LogP contribution >= 0.6 is 0 Å². The molecule has 2 rings (SSSR count). The first-order chi connectivity index (χ1) is 12.9. The van der Waals surface area contributed by atoms with Gasteiger partial charge in [-0.2, -0.15) is 13.2 Å². The van der Waals surface area contributed by atoms with Gasteiger partial charge in [-0.3, -0.25) is 4.79 Å². The van der Waals surface area contributed by atoms with Crippen LogP contribution in [-0.2, 0) is 11.3 Å². The van der Waals surface area contributed by atoms with Gasteiger partial charge in [-0.25, -0.2) is 4.99 Å². The second-order valence-corrected chi connectivity index (χ2v) is 6.51. The number of hydrogen-bond acceptors (Lipinski definition) is 2. The van der Waals surface area contributed by atoms with E-state index in [1.165, 1.54) is 0 Å². The molecule has 5 nitrogen and oxygen atoms in total. The van der Waals surface area contributed by atoms with Crippen LogP contribution in [0.4, 0.5) is 18.9 Å². The zero-order valence-corrected chi connectivity index (χ0v) is 15.6. The third-order valence-electron chi connectivity index (χ3n) is 4.26. The van der Waals surface area contributed by atoms with E-state index in [1.54, 1.807) is 4.90 Å². The van der Waals surface area contributed by atoms with E-state index < -0.39 is 12.6 Å². The maximum atomic E-state index is 12.1. The van der Waals surface area contributed by atoms with Crippen molar-refractivity contribution < 1.29 is 18.0 Å². The lowest BCUT2D eigenvalue weighted by atomic mass is 10.2. The second-order valence-electron chi connectivity index (χ2n) is 6.51. The molecule has 150 valence electrons. The fraction of sp³-hybridized carbons (Fsp3) is 0.579. The summed E-state index contributed by atoms with van der Waals surface area (Å²) in [6, 6.07) is 7.73. The standard InChI is InChI=1S/C19H27F3N4O/c1-2-23-18(24-12-4-3-11-19(20,21)22)25-14-15-7-9-16(10-8-15)26-13-5-6-17(26)27/h7-10H,2-6,11-14H2,1H3,(H2,23,24,25). The van der Waals surface area contributed by atoms with E-state index in [0.717, 1.165) is 24.2 Å². The number of unbranched alkanes of at least 4 members (excludes halogenated alkanes) is 1. The molecule has 1 aliphatic heterocycles. The normalized spacial score (nSPS) is 15.3. The molecule has 0 atom stereocenters. The average molecular weight is 384 g/mol. The lowest BCUT2D eigenvalue weighted by Gasteiger charge is -2.16. The zero-order valence-electron chi connectivity index (χ0n) is 15.6. The number of hydrogen-bond donors (Lipinski definition) is 2. The minimum Gasteiger partial charge on any atom is -0.357 e. The second kappa shape index (κ2) is 10.2. The van der Waals surface area contributed by atoms with Gasteiger partial charge in [-0.1, -0.05) is 12.1 Å². The number of rotatable bonds is 8. The maximum absolute atomic E-state index is 12.1. The van der Waals surface area contributed by atoms with Crippen molar-refractivity contribution >= 4 is 17.6 Å². The van der Waals surface area contributed by atoms with E-state index in [4.69, 9.17) is 0 Å². The van der Waals surface area contributed by atoms with E-state index >= 15 is 0 Å². The highest BCUT2D eigenvalue weighted by Gasteiger charge is 2.25. The molecule has 0 aromatic heterocycles. The monoisotopic (exact) mass is 384 g/mol. The van der Waals surface area contributed by atoms with E-state index in [2.05, 4.69) is 15.6 Å². The van der Waals surface area contributed by atoms with Gasteiger partial charge >= 0.3 is 6.18 Å². The molecule has 0 bridgehead atoms. The van der Waals surface area contributed by atoms with Gasteiger partial charge in [0.05, 0.1) is 6.54 Å². The van der Waals surface area contributed by atoms with Gasteiger partial charge in [0.25, 0.3) is 0 Å².